The van der Waals surface area contributed by atoms with Crippen molar-refractivity contribution in [1.29, 1.82) is 0 Å². The molecule has 2 unspecified atom stereocenters. The molecule has 1 N–H and O–H groups in total. The van der Waals surface area contributed by atoms with Crippen LogP contribution in [0.15, 0.2) is 16.9 Å². The number of rotatable bonds is 1. The Hall–Kier alpha value is -2.38. The van der Waals surface area contributed by atoms with Gasteiger partial charge in [0.25, 0.3) is 0 Å². The maximum absolute atomic E-state index is 14.4. The number of hydrogen-bond acceptors (Lipinski definition) is 3. The molecule has 0 bridgehead atoms. The summed E-state index contributed by atoms with van der Waals surface area (Å²) in [4.78, 5) is 29.2. The normalized spacial score (nSPS) is 23.7. The smallest absolute Gasteiger partial charge is 0.410 e. The highest BCUT2D eigenvalue weighted by atomic mass is 19.2. The van der Waals surface area contributed by atoms with Crippen molar-refractivity contribution in [3.8, 4) is 0 Å². The molecule has 6 nitrogen and oxygen atoms in total. The van der Waals surface area contributed by atoms with Crippen LogP contribution in [0.3, 0.4) is 0 Å². The number of aromatic amines is 1. The first-order valence-corrected chi connectivity index (χ1v) is 9.09. The Morgan fingerprint density at radius 3 is 2.33 bits per heavy atom. The number of carbonyl (C=O) groups excluding carboxylic acids is 1. The second kappa shape index (κ2) is 6.65. The Balaban J connectivity index is 1.93. The zero-order valence-corrected chi connectivity index (χ0v) is 16.2. The van der Waals surface area contributed by atoms with Crippen molar-refractivity contribution in [1.82, 2.24) is 14.5 Å². The minimum atomic E-state index is -1.04. The standard InChI is InChI=1S/C19H25F2N3O3/c1-10-8-12(9-11(2)23(10)18(26)27-19(3,4)5)24-16-14(22-17(24)25)7-6-13(20)15(16)21/h6-7,10-12H,8-9H2,1-5H3,(H,22,25). The van der Waals surface area contributed by atoms with Gasteiger partial charge in [0.2, 0.25) is 0 Å². The molecule has 8 heteroatoms. The molecule has 1 saturated heterocycles. The predicted molar refractivity (Wildman–Crippen MR) is 97.7 cm³/mol. The lowest BCUT2D eigenvalue weighted by Crippen LogP contribution is -2.52. The lowest BCUT2D eigenvalue weighted by molar-refractivity contribution is -0.00610. The summed E-state index contributed by atoms with van der Waals surface area (Å²) in [5.41, 5.74) is -0.893. The van der Waals surface area contributed by atoms with Gasteiger partial charge in [-0.15, -0.1) is 0 Å². The van der Waals surface area contributed by atoms with E-state index in [1.807, 2.05) is 13.8 Å². The molecule has 2 heterocycles. The molecule has 1 fully saturated rings. The molecule has 1 amide bonds. The van der Waals surface area contributed by atoms with E-state index in [0.717, 1.165) is 6.07 Å². The number of nitrogens with zero attached hydrogens (tertiary/aromatic N) is 2. The average molecular weight is 381 g/mol. The number of halogens is 2. The van der Waals surface area contributed by atoms with Crippen molar-refractivity contribution in [3.63, 3.8) is 0 Å². The number of likely N-dealkylation sites (tertiary alicyclic amines) is 1. The van der Waals surface area contributed by atoms with Gasteiger partial charge in [-0.05, 0) is 59.6 Å². The number of benzene rings is 1. The van der Waals surface area contributed by atoms with Gasteiger partial charge in [0, 0.05) is 18.1 Å². The number of ether oxygens (including phenoxy) is 1. The van der Waals surface area contributed by atoms with Crippen molar-refractivity contribution >= 4 is 17.1 Å². The highest BCUT2D eigenvalue weighted by molar-refractivity contribution is 5.76. The fraction of sp³-hybridized carbons (Fsp3) is 0.579. The molecule has 1 aliphatic heterocycles. The van der Waals surface area contributed by atoms with Crippen LogP contribution in [0.1, 0.15) is 53.5 Å². The fourth-order valence-corrected chi connectivity index (χ4v) is 3.93. The van der Waals surface area contributed by atoms with E-state index in [1.54, 1.807) is 25.7 Å². The Bertz CT molecular complexity index is 917. The number of H-pyrrole nitrogens is 1. The summed E-state index contributed by atoms with van der Waals surface area (Å²) in [6.45, 7) is 9.13. The predicted octanol–water partition coefficient (Wildman–Crippen LogP) is 3.96. The van der Waals surface area contributed by atoms with Crippen molar-refractivity contribution in [3.05, 3.63) is 34.3 Å². The molecule has 2 aromatic rings. The molecule has 2 atom stereocenters. The molecule has 1 aromatic carbocycles. The van der Waals surface area contributed by atoms with Gasteiger partial charge in [-0.1, -0.05) is 0 Å². The van der Waals surface area contributed by atoms with E-state index in [4.69, 9.17) is 4.74 Å². The molecular weight excluding hydrogens is 356 g/mol. The zero-order valence-electron chi connectivity index (χ0n) is 16.2. The third-order valence-electron chi connectivity index (χ3n) is 4.92. The largest absolute Gasteiger partial charge is 0.444 e. The Kier molecular flexibility index (Phi) is 4.78. The van der Waals surface area contributed by atoms with E-state index in [0.29, 0.717) is 12.8 Å². The van der Waals surface area contributed by atoms with Crippen LogP contribution in [0.5, 0.6) is 0 Å². The summed E-state index contributed by atoms with van der Waals surface area (Å²) < 4.78 is 34.8. The third kappa shape index (κ3) is 3.57. The van der Waals surface area contributed by atoms with E-state index >= 15 is 0 Å². The lowest BCUT2D eigenvalue weighted by atomic mass is 9.92. The van der Waals surface area contributed by atoms with Crippen LogP contribution in [0.25, 0.3) is 11.0 Å². The molecular formula is C19H25F2N3O3. The molecule has 0 aliphatic carbocycles. The lowest BCUT2D eigenvalue weighted by Gasteiger charge is -2.43. The maximum atomic E-state index is 14.4. The van der Waals surface area contributed by atoms with Crippen LogP contribution in [0.2, 0.25) is 0 Å². The van der Waals surface area contributed by atoms with Crippen LogP contribution < -0.4 is 5.69 Å². The minimum Gasteiger partial charge on any atom is -0.444 e. The molecule has 3 rings (SSSR count). The minimum absolute atomic E-state index is 0.0601. The van der Waals surface area contributed by atoms with Crippen LogP contribution >= 0.6 is 0 Å². The van der Waals surface area contributed by atoms with E-state index in [9.17, 15) is 18.4 Å². The monoisotopic (exact) mass is 381 g/mol. The summed E-state index contributed by atoms with van der Waals surface area (Å²) >= 11 is 0. The Morgan fingerprint density at radius 2 is 1.78 bits per heavy atom. The van der Waals surface area contributed by atoms with Gasteiger partial charge < -0.3 is 14.6 Å². The first-order chi connectivity index (χ1) is 12.5. The van der Waals surface area contributed by atoms with E-state index in [1.165, 1.54) is 10.6 Å². The highest BCUT2D eigenvalue weighted by Crippen LogP contribution is 2.34. The fourth-order valence-electron chi connectivity index (χ4n) is 3.93. The first kappa shape index (κ1) is 19.4. The number of aromatic nitrogens is 2. The van der Waals surface area contributed by atoms with Gasteiger partial charge in [0.05, 0.1) is 5.52 Å². The first-order valence-electron chi connectivity index (χ1n) is 9.09. The Morgan fingerprint density at radius 1 is 1.19 bits per heavy atom. The van der Waals surface area contributed by atoms with Crippen molar-refractivity contribution in [2.45, 2.75) is 71.2 Å². The number of amides is 1. The Labute approximate surface area is 156 Å². The van der Waals surface area contributed by atoms with Gasteiger partial charge in [-0.2, -0.15) is 0 Å². The molecule has 1 aliphatic rings. The van der Waals surface area contributed by atoms with Crippen molar-refractivity contribution in [2.24, 2.45) is 0 Å². The van der Waals surface area contributed by atoms with Gasteiger partial charge >= 0.3 is 11.8 Å². The van der Waals surface area contributed by atoms with E-state index in [-0.39, 0.29) is 29.2 Å². The molecule has 27 heavy (non-hydrogen) atoms. The summed E-state index contributed by atoms with van der Waals surface area (Å²) in [6, 6.07) is 1.55. The molecule has 0 radical (unpaired) electrons. The summed E-state index contributed by atoms with van der Waals surface area (Å²) in [6.07, 6.45) is 0.461. The van der Waals surface area contributed by atoms with E-state index in [2.05, 4.69) is 4.98 Å². The summed E-state index contributed by atoms with van der Waals surface area (Å²) in [5.74, 6) is -2.04. The maximum Gasteiger partial charge on any atom is 0.410 e. The van der Waals surface area contributed by atoms with Crippen molar-refractivity contribution in [2.75, 3.05) is 0 Å². The number of hydrogen-bond donors (Lipinski definition) is 1. The molecule has 0 spiro atoms. The highest BCUT2D eigenvalue weighted by Gasteiger charge is 2.38. The van der Waals surface area contributed by atoms with Crippen LogP contribution in [-0.2, 0) is 4.74 Å². The van der Waals surface area contributed by atoms with Gasteiger partial charge in [-0.25, -0.2) is 18.4 Å². The topological polar surface area (TPSA) is 67.3 Å². The average Bonchev–Trinajstić information content (AvgIpc) is 2.85. The van der Waals surface area contributed by atoms with Gasteiger partial charge in [0.1, 0.15) is 11.1 Å². The number of nitrogens with one attached hydrogen (secondary N) is 1. The number of imidazole rings is 1. The molecule has 0 saturated carbocycles. The second-order valence-corrected chi connectivity index (χ2v) is 8.27. The van der Waals surface area contributed by atoms with Crippen molar-refractivity contribution < 1.29 is 18.3 Å². The zero-order chi connectivity index (χ0) is 20.1. The van der Waals surface area contributed by atoms with Crippen LogP contribution in [-0.4, -0.2) is 38.2 Å². The second-order valence-electron chi connectivity index (χ2n) is 8.27. The van der Waals surface area contributed by atoms with E-state index < -0.39 is 29.0 Å². The van der Waals surface area contributed by atoms with Gasteiger partial charge in [0.15, 0.2) is 11.6 Å². The van der Waals surface area contributed by atoms with Gasteiger partial charge in [-0.3, -0.25) is 4.57 Å². The number of carbonyl (C=O) groups is 1. The number of fused-ring (bicyclic) bond motifs is 1. The molecule has 1 aromatic heterocycles. The SMILES string of the molecule is CC1CC(n2c(=O)[nH]c3ccc(F)c(F)c32)CC(C)N1C(=O)OC(C)(C)C. The molecule has 148 valence electrons. The quantitative estimate of drug-likeness (QED) is 0.813. The summed E-state index contributed by atoms with van der Waals surface area (Å²) in [7, 11) is 0. The third-order valence-corrected chi connectivity index (χ3v) is 4.92. The van der Waals surface area contributed by atoms with Crippen LogP contribution in [0.4, 0.5) is 13.6 Å². The number of piperidine rings is 1. The van der Waals surface area contributed by atoms with Crippen LogP contribution in [0, 0.1) is 11.6 Å². The summed E-state index contributed by atoms with van der Waals surface area (Å²) in [5, 5.41) is 0.